The van der Waals surface area contributed by atoms with Crippen LogP contribution in [0.2, 0.25) is 0 Å². The maximum absolute atomic E-state index is 13.0. The van der Waals surface area contributed by atoms with Gasteiger partial charge in [0.1, 0.15) is 5.76 Å². The van der Waals surface area contributed by atoms with E-state index in [4.69, 9.17) is 4.42 Å². The molecule has 0 radical (unpaired) electrons. The van der Waals surface area contributed by atoms with Gasteiger partial charge in [-0.15, -0.1) is 0 Å². The molecular weight excluding hydrogens is 340 g/mol. The number of amides is 1. The van der Waals surface area contributed by atoms with E-state index < -0.39 is 0 Å². The number of furan rings is 1. The largest absolute Gasteiger partial charge is 0.464 e. The predicted octanol–water partition coefficient (Wildman–Crippen LogP) is 3.37. The van der Waals surface area contributed by atoms with Crippen LogP contribution >= 0.6 is 0 Å². The van der Waals surface area contributed by atoms with Crippen molar-refractivity contribution in [3.8, 4) is 11.3 Å². The molecule has 2 aromatic heterocycles. The van der Waals surface area contributed by atoms with Gasteiger partial charge >= 0.3 is 0 Å². The van der Waals surface area contributed by atoms with Crippen molar-refractivity contribution >= 4 is 5.91 Å². The van der Waals surface area contributed by atoms with Gasteiger partial charge in [0.05, 0.1) is 6.26 Å². The summed E-state index contributed by atoms with van der Waals surface area (Å²) >= 11 is 0. The zero-order valence-corrected chi connectivity index (χ0v) is 14.9. The summed E-state index contributed by atoms with van der Waals surface area (Å²) in [4.78, 5) is 27.4. The lowest BCUT2D eigenvalue weighted by Crippen LogP contribution is -2.49. The van der Waals surface area contributed by atoms with Crippen LogP contribution in [0.4, 0.5) is 0 Å². The van der Waals surface area contributed by atoms with Crippen LogP contribution in [0.1, 0.15) is 28.4 Å². The van der Waals surface area contributed by atoms with E-state index in [2.05, 4.69) is 0 Å². The van der Waals surface area contributed by atoms with Gasteiger partial charge in [-0.3, -0.25) is 9.59 Å². The Labute approximate surface area is 156 Å². The highest BCUT2D eigenvalue weighted by Gasteiger charge is 2.38. The number of carbonyl (C=O) groups is 1. The topological polar surface area (TPSA) is 55.5 Å². The number of likely N-dealkylation sites (tertiary alicyclic amines) is 1. The molecule has 27 heavy (non-hydrogen) atoms. The monoisotopic (exact) mass is 360 g/mol. The molecule has 4 heterocycles. The van der Waals surface area contributed by atoms with E-state index in [1.165, 1.54) is 0 Å². The molecule has 0 aliphatic carbocycles. The Morgan fingerprint density at radius 3 is 2.59 bits per heavy atom. The van der Waals surface area contributed by atoms with Crippen LogP contribution in [0.25, 0.3) is 11.3 Å². The molecule has 5 rings (SSSR count). The van der Waals surface area contributed by atoms with Gasteiger partial charge in [0.15, 0.2) is 0 Å². The van der Waals surface area contributed by atoms with Crippen molar-refractivity contribution in [2.24, 2.45) is 5.92 Å². The number of carbonyl (C=O) groups excluding carboxylic acids is 1. The van der Waals surface area contributed by atoms with E-state index in [1.807, 2.05) is 58.0 Å². The summed E-state index contributed by atoms with van der Waals surface area (Å²) < 4.78 is 7.50. The lowest BCUT2D eigenvalue weighted by atomic mass is 9.81. The number of fused-ring (bicyclic) bond motifs is 4. The maximum Gasteiger partial charge on any atom is 0.253 e. The molecule has 0 N–H and O–H groups in total. The lowest BCUT2D eigenvalue weighted by molar-refractivity contribution is 0.0595. The number of piperidine rings is 1. The summed E-state index contributed by atoms with van der Waals surface area (Å²) in [5.74, 6) is 1.27. The average molecular weight is 360 g/mol. The van der Waals surface area contributed by atoms with E-state index >= 15 is 0 Å². The Morgan fingerprint density at radius 2 is 1.81 bits per heavy atom. The van der Waals surface area contributed by atoms with Gasteiger partial charge in [-0.25, -0.2) is 0 Å². The van der Waals surface area contributed by atoms with E-state index in [0.717, 1.165) is 23.4 Å². The molecule has 2 atom stereocenters. The number of rotatable bonds is 2. The van der Waals surface area contributed by atoms with Crippen LogP contribution in [0.3, 0.4) is 0 Å². The second-order valence-electron chi connectivity index (χ2n) is 7.43. The van der Waals surface area contributed by atoms with Gasteiger partial charge in [-0.2, -0.15) is 0 Å². The van der Waals surface area contributed by atoms with Crippen molar-refractivity contribution < 1.29 is 9.21 Å². The van der Waals surface area contributed by atoms with Crippen molar-refractivity contribution in [1.29, 1.82) is 0 Å². The lowest BCUT2D eigenvalue weighted by Gasteiger charge is -2.43. The first-order valence-electron chi connectivity index (χ1n) is 9.32. The van der Waals surface area contributed by atoms with Crippen molar-refractivity contribution in [3.05, 3.63) is 82.5 Å². The Kier molecular flexibility index (Phi) is 3.74. The van der Waals surface area contributed by atoms with Crippen molar-refractivity contribution in [2.45, 2.75) is 18.9 Å². The van der Waals surface area contributed by atoms with Crippen LogP contribution in [-0.2, 0) is 6.54 Å². The van der Waals surface area contributed by atoms with Crippen LogP contribution in [0.15, 0.2) is 70.1 Å². The van der Waals surface area contributed by atoms with Gasteiger partial charge in [0, 0.05) is 48.4 Å². The summed E-state index contributed by atoms with van der Waals surface area (Å²) in [6.07, 6.45) is 2.64. The third-order valence-corrected chi connectivity index (χ3v) is 5.68. The van der Waals surface area contributed by atoms with Crippen molar-refractivity contribution in [1.82, 2.24) is 9.47 Å². The Morgan fingerprint density at radius 1 is 0.963 bits per heavy atom. The molecular formula is C22H20N2O3. The molecule has 5 heteroatoms. The summed E-state index contributed by atoms with van der Waals surface area (Å²) in [7, 11) is 0. The number of hydrogen-bond acceptors (Lipinski definition) is 3. The highest BCUT2D eigenvalue weighted by molar-refractivity contribution is 5.94. The molecule has 136 valence electrons. The quantitative estimate of drug-likeness (QED) is 0.704. The molecule has 2 unspecified atom stereocenters. The zero-order valence-electron chi connectivity index (χ0n) is 14.9. The third kappa shape index (κ3) is 2.70. The molecule has 0 saturated carbocycles. The highest BCUT2D eigenvalue weighted by atomic mass is 16.3. The number of hydrogen-bond donors (Lipinski definition) is 0. The van der Waals surface area contributed by atoms with Gasteiger partial charge in [-0.1, -0.05) is 18.2 Å². The molecule has 3 aromatic rings. The minimum atomic E-state index is 0.0258. The van der Waals surface area contributed by atoms with Gasteiger partial charge in [0.25, 0.3) is 11.5 Å². The molecule has 2 bridgehead atoms. The third-order valence-electron chi connectivity index (χ3n) is 5.68. The smallest absolute Gasteiger partial charge is 0.253 e. The number of aromatic nitrogens is 1. The summed E-state index contributed by atoms with van der Waals surface area (Å²) in [5, 5.41) is 0. The Bertz CT molecular complexity index is 1040. The van der Waals surface area contributed by atoms with Gasteiger partial charge < -0.3 is 13.9 Å². The molecule has 2 aliphatic heterocycles. The minimum absolute atomic E-state index is 0.0258. The first kappa shape index (κ1) is 16.1. The van der Waals surface area contributed by atoms with Crippen LogP contribution in [-0.4, -0.2) is 28.5 Å². The predicted molar refractivity (Wildman–Crippen MR) is 102 cm³/mol. The first-order chi connectivity index (χ1) is 13.2. The second kappa shape index (κ2) is 6.27. The summed E-state index contributed by atoms with van der Waals surface area (Å²) in [6, 6.07) is 16.7. The van der Waals surface area contributed by atoms with E-state index in [9.17, 15) is 9.59 Å². The molecule has 1 amide bonds. The molecule has 1 aromatic carbocycles. The summed E-state index contributed by atoms with van der Waals surface area (Å²) in [5.41, 5.74) is 2.70. The Balaban J connectivity index is 1.54. The fraction of sp³-hybridized carbons (Fsp3) is 0.273. The number of benzene rings is 1. The molecule has 1 saturated heterocycles. The highest BCUT2D eigenvalue weighted by Crippen LogP contribution is 2.40. The zero-order chi connectivity index (χ0) is 18.4. The molecule has 0 spiro atoms. The fourth-order valence-corrected chi connectivity index (χ4v) is 4.58. The Hall–Kier alpha value is -3.08. The van der Waals surface area contributed by atoms with E-state index in [0.29, 0.717) is 31.1 Å². The molecule has 1 fully saturated rings. The van der Waals surface area contributed by atoms with Gasteiger partial charge in [0.2, 0.25) is 0 Å². The maximum atomic E-state index is 13.0. The van der Waals surface area contributed by atoms with Crippen LogP contribution in [0, 0.1) is 5.92 Å². The van der Waals surface area contributed by atoms with Crippen molar-refractivity contribution in [2.75, 3.05) is 13.1 Å². The van der Waals surface area contributed by atoms with Crippen molar-refractivity contribution in [3.63, 3.8) is 0 Å². The SMILES string of the molecule is O=C(c1ccccc1)N1CC2CC(C1)c1c(-c3ccco3)ccc(=O)n1C2. The first-order valence-corrected chi connectivity index (χ1v) is 9.32. The number of pyridine rings is 1. The minimum Gasteiger partial charge on any atom is -0.464 e. The number of nitrogens with zero attached hydrogens (tertiary/aromatic N) is 2. The van der Waals surface area contributed by atoms with Crippen LogP contribution in [0.5, 0.6) is 0 Å². The van der Waals surface area contributed by atoms with Gasteiger partial charge in [-0.05, 0) is 42.7 Å². The summed E-state index contributed by atoms with van der Waals surface area (Å²) in [6.45, 7) is 1.97. The fourth-order valence-electron chi connectivity index (χ4n) is 4.58. The van der Waals surface area contributed by atoms with E-state index in [1.54, 1.807) is 12.3 Å². The second-order valence-corrected chi connectivity index (χ2v) is 7.43. The normalized spacial score (nSPS) is 21.0. The standard InChI is InChI=1S/C22H20N2O3/c25-20-9-8-18(19-7-4-10-27-19)21-17-11-15(13-24(20)21)12-23(14-17)22(26)16-5-2-1-3-6-16/h1-10,15,17H,11-14H2. The van der Waals surface area contributed by atoms with Crippen LogP contribution < -0.4 is 5.56 Å². The molecule has 5 nitrogen and oxygen atoms in total. The van der Waals surface area contributed by atoms with E-state index in [-0.39, 0.29) is 17.4 Å². The average Bonchev–Trinajstić information content (AvgIpc) is 3.23. The molecule has 2 aliphatic rings.